The Morgan fingerprint density at radius 3 is 1.62 bits per heavy atom. The number of allylic oxidation sites excluding steroid dienone is 1. The normalized spacial score (nSPS) is 12.4. The lowest BCUT2D eigenvalue weighted by Crippen LogP contribution is -2.18. The number of halogens is 3. The molecule has 0 amide bonds. The third-order valence-corrected chi connectivity index (χ3v) is 4.76. The minimum atomic E-state index is -4.64. The number of ketones is 1. The highest BCUT2D eigenvalue weighted by molar-refractivity contribution is 5.99. The van der Waals surface area contributed by atoms with Crippen LogP contribution in [0.5, 0.6) is 0 Å². The summed E-state index contributed by atoms with van der Waals surface area (Å²) in [6.45, 7) is 3.74. The molecule has 1 nitrogen and oxygen atoms in total. The van der Waals surface area contributed by atoms with Crippen LogP contribution in [0.2, 0.25) is 0 Å². The number of benzene rings is 3. The quantitative estimate of drug-likeness (QED) is 0.428. The van der Waals surface area contributed by atoms with Crippen LogP contribution in [0.25, 0.3) is 5.57 Å². The highest BCUT2D eigenvalue weighted by atomic mass is 19.4. The van der Waals surface area contributed by atoms with Gasteiger partial charge >= 0.3 is 6.18 Å². The standard InChI is InChI=1S/C25H21F3O/c1-17-8-12-19(13-9-17)23(29)16-22(25(26,27)28)24(20-6-4-3-5-7-20)21-14-10-18(2)11-15-21/h3-15H,16H2,1-2H3/b24-22+. The number of hydrogen-bond donors (Lipinski definition) is 0. The van der Waals surface area contributed by atoms with Crippen molar-refractivity contribution in [3.63, 3.8) is 0 Å². The second-order valence-electron chi connectivity index (χ2n) is 7.05. The summed E-state index contributed by atoms with van der Waals surface area (Å²) < 4.78 is 42.5. The van der Waals surface area contributed by atoms with E-state index in [2.05, 4.69) is 0 Å². The van der Waals surface area contributed by atoms with Crippen molar-refractivity contribution >= 4 is 11.4 Å². The molecule has 0 spiro atoms. The summed E-state index contributed by atoms with van der Waals surface area (Å²) in [6, 6.07) is 21.9. The van der Waals surface area contributed by atoms with Crippen molar-refractivity contribution in [2.45, 2.75) is 26.4 Å². The largest absolute Gasteiger partial charge is 0.413 e. The Balaban J connectivity index is 2.17. The highest BCUT2D eigenvalue weighted by Gasteiger charge is 2.38. The zero-order chi connectivity index (χ0) is 21.0. The molecule has 0 unspecified atom stereocenters. The van der Waals surface area contributed by atoms with E-state index in [1.54, 1.807) is 78.9 Å². The molecule has 0 N–H and O–H groups in total. The van der Waals surface area contributed by atoms with Crippen molar-refractivity contribution in [3.8, 4) is 0 Å². The number of Topliss-reactive ketones (excluding diaryl/α,β-unsaturated/α-hetero) is 1. The highest BCUT2D eigenvalue weighted by Crippen LogP contribution is 2.39. The van der Waals surface area contributed by atoms with E-state index < -0.39 is 24.0 Å². The lowest BCUT2D eigenvalue weighted by atomic mass is 9.89. The van der Waals surface area contributed by atoms with E-state index in [0.717, 1.165) is 11.1 Å². The van der Waals surface area contributed by atoms with Crippen LogP contribution in [0.1, 0.15) is 39.0 Å². The SMILES string of the molecule is Cc1ccc(C(=O)C/C(=C(/c2ccccc2)c2ccc(C)cc2)C(F)(F)F)cc1. The monoisotopic (exact) mass is 394 g/mol. The Kier molecular flexibility index (Phi) is 6.02. The van der Waals surface area contributed by atoms with Crippen LogP contribution in [0, 0.1) is 13.8 Å². The molecule has 0 bridgehead atoms. The maximum atomic E-state index is 14.2. The maximum absolute atomic E-state index is 14.2. The smallest absolute Gasteiger partial charge is 0.294 e. The minimum Gasteiger partial charge on any atom is -0.294 e. The Morgan fingerprint density at radius 1 is 0.690 bits per heavy atom. The third kappa shape index (κ3) is 5.02. The van der Waals surface area contributed by atoms with Crippen molar-refractivity contribution < 1.29 is 18.0 Å². The van der Waals surface area contributed by atoms with Crippen LogP contribution in [0.15, 0.2) is 84.4 Å². The van der Waals surface area contributed by atoms with Crippen molar-refractivity contribution in [1.29, 1.82) is 0 Å². The van der Waals surface area contributed by atoms with Crippen LogP contribution >= 0.6 is 0 Å². The fourth-order valence-corrected chi connectivity index (χ4v) is 3.17. The van der Waals surface area contributed by atoms with Gasteiger partial charge in [-0.3, -0.25) is 4.79 Å². The van der Waals surface area contributed by atoms with E-state index >= 15 is 0 Å². The van der Waals surface area contributed by atoms with Gasteiger partial charge in [-0.15, -0.1) is 0 Å². The van der Waals surface area contributed by atoms with Gasteiger partial charge in [0.2, 0.25) is 0 Å². The fraction of sp³-hybridized carbons (Fsp3) is 0.160. The summed E-state index contributed by atoms with van der Waals surface area (Å²) in [7, 11) is 0. The molecule has 0 aliphatic carbocycles. The van der Waals surface area contributed by atoms with Gasteiger partial charge in [-0.2, -0.15) is 13.2 Å². The molecule has 0 radical (unpaired) electrons. The van der Waals surface area contributed by atoms with Crippen LogP contribution in [-0.4, -0.2) is 12.0 Å². The van der Waals surface area contributed by atoms with Gasteiger partial charge in [0.15, 0.2) is 5.78 Å². The van der Waals surface area contributed by atoms with Gasteiger partial charge in [0.05, 0.1) is 0 Å². The zero-order valence-corrected chi connectivity index (χ0v) is 16.3. The third-order valence-electron chi connectivity index (χ3n) is 4.76. The second-order valence-corrected chi connectivity index (χ2v) is 7.05. The molecule has 0 aromatic heterocycles. The summed E-state index contributed by atoms with van der Waals surface area (Å²) in [5.41, 5.74) is 2.24. The Labute approximate surface area is 168 Å². The molecule has 0 atom stereocenters. The molecule has 148 valence electrons. The number of rotatable bonds is 5. The Hall–Kier alpha value is -3.14. The van der Waals surface area contributed by atoms with Crippen molar-refractivity contribution in [2.75, 3.05) is 0 Å². The molecule has 0 saturated heterocycles. The summed E-state index contributed by atoms with van der Waals surface area (Å²) in [5, 5.41) is 0. The van der Waals surface area contributed by atoms with Gasteiger partial charge in [-0.25, -0.2) is 0 Å². The summed E-state index contributed by atoms with van der Waals surface area (Å²) >= 11 is 0. The minimum absolute atomic E-state index is 0.0403. The molecule has 0 aliphatic heterocycles. The number of aryl methyl sites for hydroxylation is 2. The molecule has 0 fully saturated rings. The van der Waals surface area contributed by atoms with E-state index in [0.29, 0.717) is 11.1 Å². The summed E-state index contributed by atoms with van der Waals surface area (Å²) in [6.07, 6.45) is -5.36. The lowest BCUT2D eigenvalue weighted by Gasteiger charge is -2.19. The van der Waals surface area contributed by atoms with Crippen molar-refractivity contribution in [1.82, 2.24) is 0 Å². The Bertz CT molecular complexity index is 1010. The summed E-state index contributed by atoms with van der Waals surface area (Å²) in [4.78, 5) is 12.7. The number of hydrogen-bond acceptors (Lipinski definition) is 1. The zero-order valence-electron chi connectivity index (χ0n) is 16.3. The predicted octanol–water partition coefficient (Wildman–Crippen LogP) is 6.94. The van der Waals surface area contributed by atoms with Gasteiger partial charge in [-0.1, -0.05) is 90.0 Å². The lowest BCUT2D eigenvalue weighted by molar-refractivity contribution is -0.0925. The van der Waals surface area contributed by atoms with Crippen molar-refractivity contribution in [2.24, 2.45) is 0 Å². The van der Waals surface area contributed by atoms with Crippen LogP contribution in [0.4, 0.5) is 13.2 Å². The summed E-state index contributed by atoms with van der Waals surface area (Å²) in [5.74, 6) is -0.558. The van der Waals surface area contributed by atoms with Gasteiger partial charge in [0.25, 0.3) is 0 Å². The molecule has 3 rings (SSSR count). The van der Waals surface area contributed by atoms with E-state index in [9.17, 15) is 18.0 Å². The molecule has 0 saturated carbocycles. The van der Waals surface area contributed by atoms with Gasteiger partial charge in [0.1, 0.15) is 0 Å². The number of alkyl halides is 3. The van der Waals surface area contributed by atoms with Crippen LogP contribution in [-0.2, 0) is 0 Å². The average molecular weight is 394 g/mol. The van der Waals surface area contributed by atoms with E-state index in [1.807, 2.05) is 13.8 Å². The molecule has 0 aliphatic rings. The molecule has 0 heterocycles. The first-order chi connectivity index (χ1) is 13.8. The second kappa shape index (κ2) is 8.48. The van der Waals surface area contributed by atoms with E-state index in [1.165, 1.54) is 0 Å². The van der Waals surface area contributed by atoms with Crippen molar-refractivity contribution in [3.05, 3.63) is 112 Å². The topological polar surface area (TPSA) is 17.1 Å². The first-order valence-electron chi connectivity index (χ1n) is 9.28. The van der Waals surface area contributed by atoms with E-state index in [-0.39, 0.29) is 11.1 Å². The predicted molar refractivity (Wildman–Crippen MR) is 110 cm³/mol. The van der Waals surface area contributed by atoms with Gasteiger partial charge in [0, 0.05) is 17.6 Å². The average Bonchev–Trinajstić information content (AvgIpc) is 2.69. The van der Waals surface area contributed by atoms with E-state index in [4.69, 9.17) is 0 Å². The Morgan fingerprint density at radius 2 is 1.14 bits per heavy atom. The molecular weight excluding hydrogens is 373 g/mol. The molecule has 3 aromatic carbocycles. The first-order valence-corrected chi connectivity index (χ1v) is 9.28. The first kappa shape index (κ1) is 20.6. The fourth-order valence-electron chi connectivity index (χ4n) is 3.17. The maximum Gasteiger partial charge on any atom is 0.413 e. The molecule has 3 aromatic rings. The van der Waals surface area contributed by atoms with Gasteiger partial charge in [-0.05, 0) is 30.5 Å². The number of carbonyl (C=O) groups is 1. The number of carbonyl (C=O) groups excluding carboxylic acids is 1. The molecule has 4 heteroatoms. The van der Waals surface area contributed by atoms with Crippen LogP contribution in [0.3, 0.4) is 0 Å². The molecule has 29 heavy (non-hydrogen) atoms. The van der Waals surface area contributed by atoms with Gasteiger partial charge < -0.3 is 0 Å². The molecular formula is C25H21F3O. The van der Waals surface area contributed by atoms with Crippen LogP contribution < -0.4 is 0 Å².